The molecule has 1 aromatic rings. The van der Waals surface area contributed by atoms with Crippen molar-refractivity contribution in [3.8, 4) is 0 Å². The summed E-state index contributed by atoms with van der Waals surface area (Å²) in [5, 5.41) is 5.85. The Bertz CT molecular complexity index is 591. The van der Waals surface area contributed by atoms with Crippen LogP contribution in [0.4, 0.5) is 8.78 Å². The van der Waals surface area contributed by atoms with Gasteiger partial charge in [0.1, 0.15) is 0 Å². The molecule has 5 atom stereocenters. The van der Waals surface area contributed by atoms with Gasteiger partial charge in [-0.3, -0.25) is 5.14 Å². The summed E-state index contributed by atoms with van der Waals surface area (Å²) in [6.07, 6.45) is 1.96. The second-order valence-electron chi connectivity index (χ2n) is 9.26. The lowest BCUT2D eigenvalue weighted by Gasteiger charge is -2.61. The van der Waals surface area contributed by atoms with Crippen molar-refractivity contribution < 1.29 is 8.78 Å². The monoisotopic (exact) mass is 367 g/mol. The van der Waals surface area contributed by atoms with Gasteiger partial charge in [0, 0.05) is 12.2 Å². The Morgan fingerprint density at radius 2 is 1.84 bits per heavy atom. The van der Waals surface area contributed by atoms with Gasteiger partial charge in [0.15, 0.2) is 0 Å². The first kappa shape index (κ1) is 19.2. The summed E-state index contributed by atoms with van der Waals surface area (Å²) in [5.41, 5.74) is 1.32. The number of benzene rings is 1. The summed E-state index contributed by atoms with van der Waals surface area (Å²) in [4.78, 5) is 0. The molecule has 3 rings (SSSR count). The van der Waals surface area contributed by atoms with E-state index in [2.05, 4.69) is 51.1 Å². The minimum absolute atomic E-state index is 0.0234. The maximum absolute atomic E-state index is 13.4. The van der Waals surface area contributed by atoms with Crippen LogP contribution in [0, 0.1) is 22.7 Å². The molecule has 1 nitrogen and oxygen atoms in total. The van der Waals surface area contributed by atoms with Crippen LogP contribution in [-0.2, 0) is 5.41 Å². The summed E-state index contributed by atoms with van der Waals surface area (Å²) in [6, 6.07) is 10.8. The first-order chi connectivity index (χ1) is 11.7. The fourth-order valence-electron chi connectivity index (χ4n) is 6.08. The highest BCUT2D eigenvalue weighted by molar-refractivity contribution is 7.97. The molecule has 0 heterocycles. The van der Waals surface area contributed by atoms with E-state index >= 15 is 0 Å². The van der Waals surface area contributed by atoms with Gasteiger partial charge in [0.25, 0.3) is 0 Å². The Morgan fingerprint density at radius 1 is 1.16 bits per heavy atom. The van der Waals surface area contributed by atoms with Gasteiger partial charge in [0.05, 0.1) is 0 Å². The quantitative estimate of drug-likeness (QED) is 0.642. The first-order valence-corrected chi connectivity index (χ1v) is 10.4. The third-order valence-electron chi connectivity index (χ3n) is 7.31. The van der Waals surface area contributed by atoms with E-state index in [1.54, 1.807) is 0 Å². The molecule has 2 aliphatic rings. The minimum Gasteiger partial charge on any atom is -0.278 e. The van der Waals surface area contributed by atoms with Crippen LogP contribution in [0.2, 0.25) is 0 Å². The Hall–Kier alpha value is -0.610. The van der Waals surface area contributed by atoms with Gasteiger partial charge in [-0.05, 0) is 59.3 Å². The molecule has 2 aliphatic carbocycles. The highest BCUT2D eigenvalue weighted by Crippen LogP contribution is 2.65. The smallest absolute Gasteiger partial charge is 0.239 e. The van der Waals surface area contributed by atoms with E-state index in [0.717, 1.165) is 31.4 Å². The van der Waals surface area contributed by atoms with Gasteiger partial charge in [-0.15, -0.1) is 0 Å². The molecule has 0 aliphatic heterocycles. The van der Waals surface area contributed by atoms with Crippen molar-refractivity contribution in [2.75, 3.05) is 5.75 Å². The Balaban J connectivity index is 2.03. The molecule has 4 heteroatoms. The Kier molecular flexibility index (Phi) is 5.25. The first-order valence-electron chi connectivity index (χ1n) is 9.38. The van der Waals surface area contributed by atoms with Gasteiger partial charge >= 0.3 is 0 Å². The second kappa shape index (κ2) is 6.84. The summed E-state index contributed by atoms with van der Waals surface area (Å²) in [5.74, 6) is 1.53. The van der Waals surface area contributed by atoms with Gasteiger partial charge in [-0.25, -0.2) is 8.78 Å². The van der Waals surface area contributed by atoms with E-state index in [1.807, 2.05) is 0 Å². The summed E-state index contributed by atoms with van der Waals surface area (Å²) in [7, 11) is 0. The number of rotatable bonds is 5. The largest absolute Gasteiger partial charge is 0.278 e. The normalized spacial score (nSPS) is 41.1. The molecule has 1 aromatic carbocycles. The third-order valence-corrected chi connectivity index (χ3v) is 8.17. The summed E-state index contributed by atoms with van der Waals surface area (Å²) < 4.78 is 26.8. The van der Waals surface area contributed by atoms with Crippen LogP contribution >= 0.6 is 11.9 Å². The molecular formula is C21H31F2NS. The van der Waals surface area contributed by atoms with E-state index in [4.69, 9.17) is 5.14 Å². The van der Waals surface area contributed by atoms with Crippen LogP contribution < -0.4 is 5.14 Å². The van der Waals surface area contributed by atoms with Crippen LogP contribution in [0.25, 0.3) is 0 Å². The molecule has 25 heavy (non-hydrogen) atoms. The lowest BCUT2D eigenvalue weighted by molar-refractivity contribution is -0.0938. The number of hydrogen-bond donors (Lipinski definition) is 1. The van der Waals surface area contributed by atoms with Crippen LogP contribution in [-0.4, -0.2) is 12.2 Å². The second-order valence-corrected chi connectivity index (χ2v) is 9.88. The maximum Gasteiger partial charge on any atom is 0.239 e. The van der Waals surface area contributed by atoms with Crippen LogP contribution in [0.3, 0.4) is 0 Å². The van der Waals surface area contributed by atoms with Gasteiger partial charge in [-0.1, -0.05) is 63.1 Å². The molecule has 140 valence electrons. The molecule has 5 unspecified atom stereocenters. The highest BCUT2D eigenvalue weighted by Gasteiger charge is 2.58. The molecule has 2 fully saturated rings. The fraction of sp³-hybridized carbons (Fsp3) is 0.714. The lowest BCUT2D eigenvalue weighted by Crippen LogP contribution is -2.55. The molecule has 0 saturated heterocycles. The number of halogens is 2. The van der Waals surface area contributed by atoms with Crippen molar-refractivity contribution in [2.24, 2.45) is 27.8 Å². The van der Waals surface area contributed by atoms with Crippen molar-refractivity contribution in [3.05, 3.63) is 35.9 Å². The number of alkyl halides is 2. The highest BCUT2D eigenvalue weighted by atomic mass is 32.2. The van der Waals surface area contributed by atoms with Gasteiger partial charge in [0.2, 0.25) is 6.43 Å². The topological polar surface area (TPSA) is 26.0 Å². The van der Waals surface area contributed by atoms with E-state index in [1.165, 1.54) is 17.5 Å². The SMILES string of the molecule is CC1CC2(c3ccccc3)CC(CC(C)(CSN)C2)C1(C)CC(F)F. The predicted octanol–water partition coefficient (Wildman–Crippen LogP) is 6.04. The number of fused-ring (bicyclic) bond motifs is 2. The molecule has 0 spiro atoms. The molecule has 0 aromatic heterocycles. The summed E-state index contributed by atoms with van der Waals surface area (Å²) >= 11 is 1.41. The average molecular weight is 368 g/mol. The number of hydrogen-bond acceptors (Lipinski definition) is 2. The lowest BCUT2D eigenvalue weighted by atomic mass is 9.43. The molecule has 2 bridgehead atoms. The van der Waals surface area contributed by atoms with Crippen molar-refractivity contribution in [1.29, 1.82) is 0 Å². The molecule has 0 radical (unpaired) electrons. The van der Waals surface area contributed by atoms with Crippen molar-refractivity contribution >= 4 is 11.9 Å². The fourth-order valence-corrected chi connectivity index (χ4v) is 6.71. The van der Waals surface area contributed by atoms with Gasteiger partial charge in [-0.2, -0.15) is 0 Å². The molecule has 2 saturated carbocycles. The van der Waals surface area contributed by atoms with Crippen molar-refractivity contribution in [2.45, 2.75) is 64.7 Å². The molecule has 0 amide bonds. The van der Waals surface area contributed by atoms with Crippen LogP contribution in [0.1, 0.15) is 58.4 Å². The maximum atomic E-state index is 13.4. The Labute approximate surface area is 155 Å². The van der Waals surface area contributed by atoms with E-state index < -0.39 is 6.43 Å². The van der Waals surface area contributed by atoms with E-state index in [0.29, 0.717) is 11.8 Å². The average Bonchev–Trinajstić information content (AvgIpc) is 2.53. The van der Waals surface area contributed by atoms with Crippen LogP contribution in [0.15, 0.2) is 30.3 Å². The van der Waals surface area contributed by atoms with Crippen molar-refractivity contribution in [1.82, 2.24) is 0 Å². The molecular weight excluding hydrogens is 336 g/mol. The Morgan fingerprint density at radius 3 is 2.44 bits per heavy atom. The summed E-state index contributed by atoms with van der Waals surface area (Å²) in [6.45, 7) is 6.63. The van der Waals surface area contributed by atoms with Crippen LogP contribution in [0.5, 0.6) is 0 Å². The predicted molar refractivity (Wildman–Crippen MR) is 103 cm³/mol. The molecule has 2 N–H and O–H groups in total. The third kappa shape index (κ3) is 3.49. The zero-order chi connectivity index (χ0) is 18.3. The standard InChI is InChI=1S/C21H31F2NS/c1-15-9-21(16-7-5-4-6-8-16)11-17(20(15,3)12-18(22)23)10-19(2,13-21)14-25-24/h4-8,15,17-18H,9-14,24H2,1-3H3. The zero-order valence-electron chi connectivity index (χ0n) is 15.6. The van der Waals surface area contributed by atoms with E-state index in [-0.39, 0.29) is 22.7 Å². The zero-order valence-corrected chi connectivity index (χ0v) is 16.4. The van der Waals surface area contributed by atoms with E-state index in [9.17, 15) is 8.78 Å². The van der Waals surface area contributed by atoms with Gasteiger partial charge < -0.3 is 0 Å². The van der Waals surface area contributed by atoms with Crippen molar-refractivity contribution in [3.63, 3.8) is 0 Å². The minimum atomic E-state index is -2.23. The number of nitrogens with two attached hydrogens (primary N) is 1.